The van der Waals surface area contributed by atoms with E-state index in [1.165, 1.54) is 25.7 Å². The Bertz CT molecular complexity index is 641. The molecule has 1 aliphatic rings. The van der Waals surface area contributed by atoms with Crippen LogP contribution in [0.3, 0.4) is 0 Å². The number of anilines is 1. The number of aromatic nitrogens is 3. The number of carbonyl (C=O) groups excluding carboxylic acids is 1. The Balaban J connectivity index is 1.57. The number of rotatable bonds is 4. The van der Waals surface area contributed by atoms with Crippen LogP contribution in [0.2, 0.25) is 0 Å². The Kier molecular flexibility index (Phi) is 4.90. The Labute approximate surface area is 136 Å². The molecule has 0 unspecified atom stereocenters. The van der Waals surface area contributed by atoms with Gasteiger partial charge in [0.25, 0.3) is 5.91 Å². The first-order valence-electron chi connectivity index (χ1n) is 8.20. The summed E-state index contributed by atoms with van der Waals surface area (Å²) in [6.07, 6.45) is 8.58. The fourth-order valence-electron chi connectivity index (χ4n) is 2.88. The molecular formula is C17H23N5O. The molecule has 1 amide bonds. The average Bonchev–Trinajstić information content (AvgIpc) is 2.84. The van der Waals surface area contributed by atoms with Crippen LogP contribution in [0.1, 0.15) is 41.7 Å². The van der Waals surface area contributed by atoms with Gasteiger partial charge >= 0.3 is 0 Å². The van der Waals surface area contributed by atoms with Crippen molar-refractivity contribution >= 4 is 11.7 Å². The van der Waals surface area contributed by atoms with Crippen LogP contribution in [0, 0.1) is 0 Å². The monoisotopic (exact) mass is 313 g/mol. The number of pyridine rings is 1. The molecule has 0 radical (unpaired) electrons. The summed E-state index contributed by atoms with van der Waals surface area (Å²) in [6.45, 7) is 2.64. The van der Waals surface area contributed by atoms with Crippen LogP contribution in [0.5, 0.6) is 0 Å². The lowest BCUT2D eigenvalue weighted by molar-refractivity contribution is 0.0941. The van der Waals surface area contributed by atoms with Crippen LogP contribution in [0.4, 0.5) is 5.82 Å². The highest BCUT2D eigenvalue weighted by Crippen LogP contribution is 2.17. The molecule has 2 aromatic heterocycles. The van der Waals surface area contributed by atoms with Crippen molar-refractivity contribution in [1.29, 1.82) is 0 Å². The summed E-state index contributed by atoms with van der Waals surface area (Å²) in [7, 11) is 1.76. The number of aryl methyl sites for hydroxylation is 1. The standard InChI is InChI=1S/C17H23N5O/c1-21-15(8-9-20-21)17(23)19-13-14-6-7-16(18-12-14)22-10-4-2-3-5-11-22/h6-9,12H,2-5,10-11,13H2,1H3,(H,19,23). The van der Waals surface area contributed by atoms with Crippen molar-refractivity contribution in [3.63, 3.8) is 0 Å². The highest BCUT2D eigenvalue weighted by Gasteiger charge is 2.12. The van der Waals surface area contributed by atoms with E-state index in [0.29, 0.717) is 12.2 Å². The Hall–Kier alpha value is -2.37. The number of amides is 1. The van der Waals surface area contributed by atoms with Crippen molar-refractivity contribution in [1.82, 2.24) is 20.1 Å². The lowest BCUT2D eigenvalue weighted by Gasteiger charge is -2.21. The zero-order chi connectivity index (χ0) is 16.1. The van der Waals surface area contributed by atoms with Crippen molar-refractivity contribution in [2.24, 2.45) is 7.05 Å². The van der Waals surface area contributed by atoms with E-state index in [4.69, 9.17) is 0 Å². The normalized spacial score (nSPS) is 15.3. The molecule has 1 aliphatic heterocycles. The molecule has 3 heterocycles. The molecule has 0 bridgehead atoms. The van der Waals surface area contributed by atoms with Gasteiger partial charge in [-0.05, 0) is 30.5 Å². The van der Waals surface area contributed by atoms with Gasteiger partial charge in [0.1, 0.15) is 11.5 Å². The van der Waals surface area contributed by atoms with E-state index in [2.05, 4.69) is 26.4 Å². The number of hydrogen-bond acceptors (Lipinski definition) is 4. The van der Waals surface area contributed by atoms with E-state index in [1.54, 1.807) is 24.0 Å². The molecule has 0 spiro atoms. The van der Waals surface area contributed by atoms with Gasteiger partial charge in [-0.3, -0.25) is 9.48 Å². The summed E-state index contributed by atoms with van der Waals surface area (Å²) < 4.78 is 1.57. The third-order valence-corrected chi connectivity index (χ3v) is 4.25. The molecule has 1 saturated heterocycles. The molecule has 6 nitrogen and oxygen atoms in total. The number of nitrogens with zero attached hydrogens (tertiary/aromatic N) is 4. The zero-order valence-corrected chi connectivity index (χ0v) is 13.5. The van der Waals surface area contributed by atoms with Crippen LogP contribution in [-0.4, -0.2) is 33.8 Å². The summed E-state index contributed by atoms with van der Waals surface area (Å²) in [5.41, 5.74) is 1.55. The maximum Gasteiger partial charge on any atom is 0.269 e. The van der Waals surface area contributed by atoms with Crippen molar-refractivity contribution < 1.29 is 4.79 Å². The second kappa shape index (κ2) is 7.26. The van der Waals surface area contributed by atoms with E-state index in [1.807, 2.05) is 12.3 Å². The average molecular weight is 313 g/mol. The number of nitrogens with one attached hydrogen (secondary N) is 1. The highest BCUT2D eigenvalue weighted by molar-refractivity contribution is 5.92. The molecule has 23 heavy (non-hydrogen) atoms. The first-order chi connectivity index (χ1) is 11.2. The van der Waals surface area contributed by atoms with Gasteiger partial charge in [0.2, 0.25) is 0 Å². The van der Waals surface area contributed by atoms with Gasteiger partial charge in [0.15, 0.2) is 0 Å². The predicted octanol–water partition coefficient (Wildman–Crippen LogP) is 2.13. The van der Waals surface area contributed by atoms with Crippen molar-refractivity contribution in [2.45, 2.75) is 32.2 Å². The van der Waals surface area contributed by atoms with Gasteiger partial charge in [0, 0.05) is 39.1 Å². The maximum atomic E-state index is 12.1. The molecule has 1 N–H and O–H groups in total. The van der Waals surface area contributed by atoms with Gasteiger partial charge in [-0.15, -0.1) is 0 Å². The molecule has 0 aliphatic carbocycles. The van der Waals surface area contributed by atoms with E-state index >= 15 is 0 Å². The van der Waals surface area contributed by atoms with Gasteiger partial charge in [-0.1, -0.05) is 18.9 Å². The minimum atomic E-state index is -0.124. The Morgan fingerprint density at radius 2 is 1.96 bits per heavy atom. The first kappa shape index (κ1) is 15.5. The lowest BCUT2D eigenvalue weighted by atomic mass is 10.2. The Morgan fingerprint density at radius 1 is 1.17 bits per heavy atom. The second-order valence-electron chi connectivity index (χ2n) is 5.95. The Morgan fingerprint density at radius 3 is 2.57 bits per heavy atom. The highest BCUT2D eigenvalue weighted by atomic mass is 16.2. The van der Waals surface area contributed by atoms with E-state index in [9.17, 15) is 4.79 Å². The molecular weight excluding hydrogens is 290 g/mol. The molecule has 0 saturated carbocycles. The minimum Gasteiger partial charge on any atom is -0.357 e. The molecule has 1 fully saturated rings. The minimum absolute atomic E-state index is 0.124. The van der Waals surface area contributed by atoms with E-state index in [-0.39, 0.29) is 5.91 Å². The lowest BCUT2D eigenvalue weighted by Crippen LogP contribution is -2.26. The van der Waals surface area contributed by atoms with Gasteiger partial charge in [0.05, 0.1) is 0 Å². The third kappa shape index (κ3) is 3.88. The quantitative estimate of drug-likeness (QED) is 0.939. The third-order valence-electron chi connectivity index (χ3n) is 4.25. The van der Waals surface area contributed by atoms with Crippen molar-refractivity contribution in [3.8, 4) is 0 Å². The fraction of sp³-hybridized carbons (Fsp3) is 0.471. The molecule has 6 heteroatoms. The largest absolute Gasteiger partial charge is 0.357 e. The molecule has 0 atom stereocenters. The molecule has 3 rings (SSSR count). The van der Waals surface area contributed by atoms with Crippen molar-refractivity contribution in [2.75, 3.05) is 18.0 Å². The predicted molar refractivity (Wildman–Crippen MR) is 89.3 cm³/mol. The van der Waals surface area contributed by atoms with Crippen LogP contribution in [0.25, 0.3) is 0 Å². The summed E-state index contributed by atoms with van der Waals surface area (Å²) in [6, 6.07) is 5.80. The summed E-state index contributed by atoms with van der Waals surface area (Å²) >= 11 is 0. The van der Waals surface area contributed by atoms with E-state index in [0.717, 1.165) is 24.5 Å². The van der Waals surface area contributed by atoms with Gasteiger partial charge in [-0.2, -0.15) is 5.10 Å². The molecule has 2 aromatic rings. The van der Waals surface area contributed by atoms with Gasteiger partial charge < -0.3 is 10.2 Å². The second-order valence-corrected chi connectivity index (χ2v) is 5.95. The number of carbonyl (C=O) groups is 1. The first-order valence-corrected chi connectivity index (χ1v) is 8.20. The molecule has 0 aromatic carbocycles. The summed E-state index contributed by atoms with van der Waals surface area (Å²) in [4.78, 5) is 19.0. The van der Waals surface area contributed by atoms with Crippen LogP contribution in [-0.2, 0) is 13.6 Å². The van der Waals surface area contributed by atoms with Crippen LogP contribution >= 0.6 is 0 Å². The smallest absolute Gasteiger partial charge is 0.269 e. The summed E-state index contributed by atoms with van der Waals surface area (Å²) in [5, 5.41) is 6.90. The topological polar surface area (TPSA) is 63.1 Å². The van der Waals surface area contributed by atoms with E-state index < -0.39 is 0 Å². The van der Waals surface area contributed by atoms with Crippen molar-refractivity contribution in [3.05, 3.63) is 41.9 Å². The number of hydrogen-bond donors (Lipinski definition) is 1. The summed E-state index contributed by atoms with van der Waals surface area (Å²) in [5.74, 6) is 0.912. The zero-order valence-electron chi connectivity index (χ0n) is 13.5. The SMILES string of the molecule is Cn1nccc1C(=O)NCc1ccc(N2CCCCCC2)nc1. The van der Waals surface area contributed by atoms with Crippen LogP contribution in [0.15, 0.2) is 30.6 Å². The molecule has 122 valence electrons. The fourth-order valence-corrected chi connectivity index (χ4v) is 2.88. The van der Waals surface area contributed by atoms with Gasteiger partial charge in [-0.25, -0.2) is 4.98 Å². The van der Waals surface area contributed by atoms with Crippen LogP contribution < -0.4 is 10.2 Å². The maximum absolute atomic E-state index is 12.1.